The van der Waals surface area contributed by atoms with Crippen molar-refractivity contribution in [3.05, 3.63) is 77.4 Å². The van der Waals surface area contributed by atoms with Gasteiger partial charge < -0.3 is 10.6 Å². The highest BCUT2D eigenvalue weighted by Crippen LogP contribution is 2.48. The standard InChI is InChI=1S/C23H18N4O/c1-13-11-19-20(12-14(13)2)27-21(24-19)15-7-3-5-9-17(15)26-23(27)16-8-4-6-10-18(16)25-22(23)28/h3-12,26H,1-2H3,(H,25,28). The van der Waals surface area contributed by atoms with Crippen LogP contribution in [-0.2, 0) is 10.5 Å². The minimum atomic E-state index is -1.06. The fraction of sp³-hybridized carbons (Fsp3) is 0.130. The van der Waals surface area contributed by atoms with Gasteiger partial charge in [-0.05, 0) is 55.3 Å². The van der Waals surface area contributed by atoms with Gasteiger partial charge in [-0.15, -0.1) is 0 Å². The molecule has 0 radical (unpaired) electrons. The number of nitrogens with one attached hydrogen (secondary N) is 2. The van der Waals surface area contributed by atoms with Crippen LogP contribution in [0.3, 0.4) is 0 Å². The fourth-order valence-corrected chi connectivity index (χ4v) is 4.48. The van der Waals surface area contributed by atoms with Crippen molar-refractivity contribution in [2.24, 2.45) is 0 Å². The lowest BCUT2D eigenvalue weighted by Crippen LogP contribution is -2.50. The van der Waals surface area contributed by atoms with Gasteiger partial charge in [0.05, 0.1) is 11.0 Å². The van der Waals surface area contributed by atoms with E-state index in [0.29, 0.717) is 0 Å². The van der Waals surface area contributed by atoms with Gasteiger partial charge >= 0.3 is 0 Å². The van der Waals surface area contributed by atoms with Crippen LogP contribution in [0, 0.1) is 13.8 Å². The monoisotopic (exact) mass is 366 g/mol. The van der Waals surface area contributed by atoms with Gasteiger partial charge in [0.15, 0.2) is 0 Å². The van der Waals surface area contributed by atoms with Crippen LogP contribution in [0.1, 0.15) is 16.7 Å². The minimum absolute atomic E-state index is 0.0954. The Morgan fingerprint density at radius 2 is 1.64 bits per heavy atom. The average Bonchev–Trinajstić information content (AvgIpc) is 3.19. The van der Waals surface area contributed by atoms with Crippen molar-refractivity contribution in [1.29, 1.82) is 0 Å². The molecule has 0 aliphatic carbocycles. The summed E-state index contributed by atoms with van der Waals surface area (Å²) in [6, 6.07) is 20.1. The van der Waals surface area contributed by atoms with E-state index in [1.807, 2.05) is 48.5 Å². The summed E-state index contributed by atoms with van der Waals surface area (Å²) in [6.07, 6.45) is 0. The Morgan fingerprint density at radius 1 is 0.929 bits per heavy atom. The number of amides is 1. The molecule has 5 heteroatoms. The third kappa shape index (κ3) is 1.71. The largest absolute Gasteiger partial charge is 0.350 e. The number of nitrogens with zero attached hydrogens (tertiary/aromatic N) is 2. The second-order valence-electron chi connectivity index (χ2n) is 7.58. The van der Waals surface area contributed by atoms with E-state index in [4.69, 9.17) is 4.98 Å². The summed E-state index contributed by atoms with van der Waals surface area (Å²) in [6.45, 7) is 4.18. The summed E-state index contributed by atoms with van der Waals surface area (Å²) in [4.78, 5) is 18.4. The molecule has 1 atom stereocenters. The molecule has 0 bridgehead atoms. The highest BCUT2D eigenvalue weighted by molar-refractivity contribution is 6.10. The molecule has 1 aromatic heterocycles. The predicted octanol–water partition coefficient (Wildman–Crippen LogP) is 4.40. The summed E-state index contributed by atoms with van der Waals surface area (Å²) in [5.41, 5.74) is 6.80. The van der Waals surface area contributed by atoms with E-state index in [1.54, 1.807) is 0 Å². The van der Waals surface area contributed by atoms with Gasteiger partial charge in [0, 0.05) is 22.5 Å². The van der Waals surface area contributed by atoms with E-state index < -0.39 is 5.66 Å². The molecule has 0 fully saturated rings. The van der Waals surface area contributed by atoms with Crippen molar-refractivity contribution in [3.8, 4) is 11.4 Å². The van der Waals surface area contributed by atoms with Crippen LogP contribution in [0.2, 0.25) is 0 Å². The van der Waals surface area contributed by atoms with Crippen LogP contribution in [0.25, 0.3) is 22.4 Å². The maximum atomic E-state index is 13.5. The Balaban J connectivity index is 1.81. The van der Waals surface area contributed by atoms with Crippen LogP contribution in [-0.4, -0.2) is 15.5 Å². The van der Waals surface area contributed by atoms with Gasteiger partial charge in [-0.1, -0.05) is 30.3 Å². The molecule has 136 valence electrons. The number of aromatic nitrogens is 2. The maximum Gasteiger partial charge on any atom is 0.276 e. The first-order chi connectivity index (χ1) is 13.6. The smallest absolute Gasteiger partial charge is 0.276 e. The van der Waals surface area contributed by atoms with Crippen molar-refractivity contribution < 1.29 is 4.79 Å². The molecular weight excluding hydrogens is 348 g/mol. The Labute approximate surface area is 162 Å². The fourth-order valence-electron chi connectivity index (χ4n) is 4.48. The van der Waals surface area contributed by atoms with E-state index in [-0.39, 0.29) is 5.91 Å². The number of fused-ring (bicyclic) bond motifs is 8. The lowest BCUT2D eigenvalue weighted by atomic mass is 9.95. The third-order valence-corrected chi connectivity index (χ3v) is 5.98. The number of carbonyl (C=O) groups is 1. The quantitative estimate of drug-likeness (QED) is 0.485. The zero-order valence-corrected chi connectivity index (χ0v) is 15.6. The molecule has 6 rings (SSSR count). The third-order valence-electron chi connectivity index (χ3n) is 5.98. The molecule has 5 nitrogen and oxygen atoms in total. The average molecular weight is 366 g/mol. The molecule has 4 aromatic rings. The number of carbonyl (C=O) groups excluding carboxylic acids is 1. The summed E-state index contributed by atoms with van der Waals surface area (Å²) in [7, 11) is 0. The Morgan fingerprint density at radius 3 is 2.50 bits per heavy atom. The molecule has 1 unspecified atom stereocenters. The highest BCUT2D eigenvalue weighted by atomic mass is 16.2. The van der Waals surface area contributed by atoms with Gasteiger partial charge in [0.1, 0.15) is 5.82 Å². The number of benzene rings is 3. The number of hydrogen-bond donors (Lipinski definition) is 2. The van der Waals surface area contributed by atoms with Crippen LogP contribution >= 0.6 is 0 Å². The normalized spacial score (nSPS) is 19.1. The topological polar surface area (TPSA) is 59.0 Å². The van der Waals surface area contributed by atoms with Gasteiger partial charge in [0.25, 0.3) is 5.91 Å². The zero-order chi connectivity index (χ0) is 19.0. The lowest BCUT2D eigenvalue weighted by molar-refractivity contribution is -0.120. The van der Waals surface area contributed by atoms with Gasteiger partial charge in [-0.3, -0.25) is 9.36 Å². The van der Waals surface area contributed by atoms with Crippen molar-refractivity contribution >= 4 is 28.3 Å². The Hall–Kier alpha value is -3.60. The molecule has 28 heavy (non-hydrogen) atoms. The SMILES string of the molecule is Cc1cc2nc3n(c2cc1C)C1(Nc2ccccc2-3)C(=O)Nc2ccccc21. The molecule has 2 aliphatic rings. The second-order valence-corrected chi connectivity index (χ2v) is 7.58. The summed E-state index contributed by atoms with van der Waals surface area (Å²) < 4.78 is 2.07. The summed E-state index contributed by atoms with van der Waals surface area (Å²) in [5, 5.41) is 6.62. The Bertz CT molecular complexity index is 1320. The summed E-state index contributed by atoms with van der Waals surface area (Å²) >= 11 is 0. The highest BCUT2D eigenvalue weighted by Gasteiger charge is 2.53. The number of para-hydroxylation sites is 2. The van der Waals surface area contributed by atoms with E-state index in [1.165, 1.54) is 11.1 Å². The predicted molar refractivity (Wildman–Crippen MR) is 110 cm³/mol. The number of rotatable bonds is 0. The molecule has 0 saturated carbocycles. The first kappa shape index (κ1) is 15.5. The zero-order valence-electron chi connectivity index (χ0n) is 15.6. The van der Waals surface area contributed by atoms with Gasteiger partial charge in [-0.25, -0.2) is 4.98 Å². The molecule has 3 aromatic carbocycles. The molecule has 2 N–H and O–H groups in total. The van der Waals surface area contributed by atoms with Crippen LogP contribution < -0.4 is 10.6 Å². The van der Waals surface area contributed by atoms with Crippen LogP contribution in [0.4, 0.5) is 11.4 Å². The van der Waals surface area contributed by atoms with Crippen molar-refractivity contribution in [1.82, 2.24) is 9.55 Å². The van der Waals surface area contributed by atoms with Gasteiger partial charge in [-0.2, -0.15) is 0 Å². The number of hydrogen-bond acceptors (Lipinski definition) is 3. The van der Waals surface area contributed by atoms with Crippen molar-refractivity contribution in [3.63, 3.8) is 0 Å². The number of anilines is 2. The van der Waals surface area contributed by atoms with Crippen molar-refractivity contribution in [2.45, 2.75) is 19.5 Å². The molecular formula is C23H18N4O. The van der Waals surface area contributed by atoms with E-state index in [2.05, 4.69) is 41.2 Å². The van der Waals surface area contributed by atoms with Gasteiger partial charge in [0.2, 0.25) is 5.66 Å². The number of aryl methyl sites for hydroxylation is 2. The molecule has 1 spiro atoms. The number of imidazole rings is 1. The minimum Gasteiger partial charge on any atom is -0.350 e. The molecule has 1 amide bonds. The lowest BCUT2D eigenvalue weighted by Gasteiger charge is -2.37. The Kier molecular flexibility index (Phi) is 2.77. The maximum absolute atomic E-state index is 13.5. The molecule has 3 heterocycles. The van der Waals surface area contributed by atoms with E-state index in [0.717, 1.165) is 39.4 Å². The van der Waals surface area contributed by atoms with E-state index >= 15 is 0 Å². The molecule has 0 saturated heterocycles. The van der Waals surface area contributed by atoms with E-state index in [9.17, 15) is 4.79 Å². The first-order valence-electron chi connectivity index (χ1n) is 9.38. The van der Waals surface area contributed by atoms with Crippen molar-refractivity contribution in [2.75, 3.05) is 10.6 Å². The molecule has 2 aliphatic heterocycles. The van der Waals surface area contributed by atoms with Crippen LogP contribution in [0.5, 0.6) is 0 Å². The summed E-state index contributed by atoms with van der Waals surface area (Å²) in [5.74, 6) is 0.711. The first-order valence-corrected chi connectivity index (χ1v) is 9.38. The second kappa shape index (κ2) is 5.01. The van der Waals surface area contributed by atoms with Crippen LogP contribution in [0.15, 0.2) is 60.7 Å².